The third kappa shape index (κ3) is 3.98. The number of carbonyl (C=O) groups excluding carboxylic acids is 1. The lowest BCUT2D eigenvalue weighted by atomic mass is 10.2. The molecule has 0 radical (unpaired) electrons. The standard InChI is InChI=1S/C15H19ClN4O2/c1-4-20-9-18-19-14(20)8-17-15(21)11(3)22-13-6-5-12(16)7-10(13)2/h5-7,9,11H,4,8H2,1-3H3,(H,17,21)/t11-/m0/s1. The topological polar surface area (TPSA) is 69.0 Å². The van der Waals surface area contributed by atoms with Gasteiger partial charge in [-0.2, -0.15) is 0 Å². The first-order valence-electron chi connectivity index (χ1n) is 7.08. The van der Waals surface area contributed by atoms with E-state index in [2.05, 4.69) is 15.5 Å². The minimum Gasteiger partial charge on any atom is -0.481 e. The molecule has 2 aromatic rings. The van der Waals surface area contributed by atoms with E-state index < -0.39 is 6.10 Å². The molecule has 0 saturated heterocycles. The molecule has 1 heterocycles. The first-order valence-corrected chi connectivity index (χ1v) is 7.46. The molecule has 1 atom stereocenters. The SMILES string of the molecule is CCn1cnnc1CNC(=O)[C@H](C)Oc1ccc(Cl)cc1C. The molecule has 0 unspecified atom stereocenters. The monoisotopic (exact) mass is 322 g/mol. The van der Waals surface area contributed by atoms with Crippen LogP contribution in [0.15, 0.2) is 24.5 Å². The number of hydrogen-bond donors (Lipinski definition) is 1. The number of aryl methyl sites for hydroxylation is 2. The van der Waals surface area contributed by atoms with E-state index in [1.54, 1.807) is 31.5 Å². The average molecular weight is 323 g/mol. The first-order chi connectivity index (χ1) is 10.5. The summed E-state index contributed by atoms with van der Waals surface area (Å²) in [6, 6.07) is 5.29. The Kier molecular flexibility index (Phi) is 5.38. The van der Waals surface area contributed by atoms with Gasteiger partial charge in [-0.1, -0.05) is 11.6 Å². The number of aromatic nitrogens is 3. The fraction of sp³-hybridized carbons (Fsp3) is 0.400. The van der Waals surface area contributed by atoms with Crippen LogP contribution in [0.4, 0.5) is 0 Å². The lowest BCUT2D eigenvalue weighted by Crippen LogP contribution is -2.36. The Hall–Kier alpha value is -2.08. The van der Waals surface area contributed by atoms with Gasteiger partial charge in [0.25, 0.3) is 5.91 Å². The zero-order valence-corrected chi connectivity index (χ0v) is 13.6. The fourth-order valence-corrected chi connectivity index (χ4v) is 2.21. The predicted octanol–water partition coefficient (Wildman–Crippen LogP) is 2.34. The molecule has 0 aliphatic heterocycles. The maximum Gasteiger partial charge on any atom is 0.261 e. The van der Waals surface area contributed by atoms with Crippen LogP contribution in [0.3, 0.4) is 0 Å². The quantitative estimate of drug-likeness (QED) is 0.886. The zero-order chi connectivity index (χ0) is 16.1. The van der Waals surface area contributed by atoms with E-state index in [0.29, 0.717) is 23.1 Å². The van der Waals surface area contributed by atoms with Crippen LogP contribution in [0, 0.1) is 6.92 Å². The van der Waals surface area contributed by atoms with Crippen LogP contribution in [0.25, 0.3) is 0 Å². The minimum absolute atomic E-state index is 0.208. The molecule has 1 N–H and O–H groups in total. The molecule has 22 heavy (non-hydrogen) atoms. The van der Waals surface area contributed by atoms with Crippen molar-refractivity contribution in [3.05, 3.63) is 40.9 Å². The third-order valence-electron chi connectivity index (χ3n) is 3.27. The smallest absolute Gasteiger partial charge is 0.261 e. The van der Waals surface area contributed by atoms with Gasteiger partial charge in [-0.15, -0.1) is 10.2 Å². The van der Waals surface area contributed by atoms with Gasteiger partial charge in [-0.3, -0.25) is 4.79 Å². The van der Waals surface area contributed by atoms with Crippen LogP contribution in [0.2, 0.25) is 5.02 Å². The third-order valence-corrected chi connectivity index (χ3v) is 3.50. The molecule has 0 spiro atoms. The van der Waals surface area contributed by atoms with E-state index in [1.807, 2.05) is 18.4 Å². The van der Waals surface area contributed by atoms with Crippen LogP contribution < -0.4 is 10.1 Å². The summed E-state index contributed by atoms with van der Waals surface area (Å²) in [4.78, 5) is 12.1. The molecule has 7 heteroatoms. The number of rotatable bonds is 6. The van der Waals surface area contributed by atoms with E-state index in [1.165, 1.54) is 0 Å². The van der Waals surface area contributed by atoms with Crippen molar-refractivity contribution in [3.63, 3.8) is 0 Å². The molecule has 0 saturated carbocycles. The van der Waals surface area contributed by atoms with E-state index in [4.69, 9.17) is 16.3 Å². The number of hydrogen-bond acceptors (Lipinski definition) is 4. The summed E-state index contributed by atoms with van der Waals surface area (Å²) < 4.78 is 7.55. The van der Waals surface area contributed by atoms with Crippen molar-refractivity contribution in [2.24, 2.45) is 0 Å². The van der Waals surface area contributed by atoms with Crippen molar-refractivity contribution < 1.29 is 9.53 Å². The Morgan fingerprint density at radius 1 is 1.50 bits per heavy atom. The predicted molar refractivity (Wildman–Crippen MR) is 83.8 cm³/mol. The van der Waals surface area contributed by atoms with Crippen molar-refractivity contribution in [3.8, 4) is 5.75 Å². The second kappa shape index (κ2) is 7.26. The number of nitrogens with zero attached hydrogens (tertiary/aromatic N) is 3. The van der Waals surface area contributed by atoms with Gasteiger partial charge in [-0.05, 0) is 44.5 Å². The molecule has 1 aromatic heterocycles. The number of halogens is 1. The van der Waals surface area contributed by atoms with Gasteiger partial charge >= 0.3 is 0 Å². The number of amides is 1. The lowest BCUT2D eigenvalue weighted by molar-refractivity contribution is -0.127. The summed E-state index contributed by atoms with van der Waals surface area (Å²) >= 11 is 5.90. The van der Waals surface area contributed by atoms with Crippen LogP contribution >= 0.6 is 11.6 Å². The Morgan fingerprint density at radius 2 is 2.27 bits per heavy atom. The highest BCUT2D eigenvalue weighted by Gasteiger charge is 2.16. The highest BCUT2D eigenvalue weighted by molar-refractivity contribution is 6.30. The van der Waals surface area contributed by atoms with E-state index in [-0.39, 0.29) is 5.91 Å². The summed E-state index contributed by atoms with van der Waals surface area (Å²) in [7, 11) is 0. The molecule has 1 aromatic carbocycles. The van der Waals surface area contributed by atoms with E-state index >= 15 is 0 Å². The maximum atomic E-state index is 12.1. The number of ether oxygens (including phenoxy) is 1. The Labute approximate surface area is 134 Å². The summed E-state index contributed by atoms with van der Waals surface area (Å²) in [5, 5.41) is 11.2. The normalized spacial score (nSPS) is 12.0. The Balaban J connectivity index is 1.92. The largest absolute Gasteiger partial charge is 0.481 e. The molecule has 118 valence electrons. The molecule has 0 bridgehead atoms. The van der Waals surface area contributed by atoms with Gasteiger partial charge in [0, 0.05) is 11.6 Å². The molecule has 2 rings (SSSR count). The van der Waals surface area contributed by atoms with Crippen molar-refractivity contribution in [1.29, 1.82) is 0 Å². The molecule has 0 fully saturated rings. The van der Waals surface area contributed by atoms with Gasteiger partial charge in [0.1, 0.15) is 12.1 Å². The van der Waals surface area contributed by atoms with Crippen LogP contribution in [-0.2, 0) is 17.9 Å². The molecular formula is C15H19ClN4O2. The van der Waals surface area contributed by atoms with Crippen molar-refractivity contribution in [1.82, 2.24) is 20.1 Å². The number of carbonyl (C=O) groups is 1. The van der Waals surface area contributed by atoms with Crippen LogP contribution in [-0.4, -0.2) is 26.8 Å². The number of nitrogens with one attached hydrogen (secondary N) is 1. The zero-order valence-electron chi connectivity index (χ0n) is 12.8. The van der Waals surface area contributed by atoms with Crippen molar-refractivity contribution in [2.45, 2.75) is 40.0 Å². The molecular weight excluding hydrogens is 304 g/mol. The highest BCUT2D eigenvalue weighted by atomic mass is 35.5. The Bertz CT molecular complexity index is 657. The van der Waals surface area contributed by atoms with Gasteiger partial charge in [-0.25, -0.2) is 0 Å². The number of benzene rings is 1. The molecule has 0 aliphatic carbocycles. The average Bonchev–Trinajstić information content (AvgIpc) is 2.95. The first kappa shape index (κ1) is 16.3. The summed E-state index contributed by atoms with van der Waals surface area (Å²) in [6.45, 7) is 6.65. The Morgan fingerprint density at radius 3 is 2.95 bits per heavy atom. The second-order valence-electron chi connectivity index (χ2n) is 4.92. The van der Waals surface area contributed by atoms with Gasteiger partial charge in [0.2, 0.25) is 0 Å². The van der Waals surface area contributed by atoms with Gasteiger partial charge < -0.3 is 14.6 Å². The fourth-order valence-electron chi connectivity index (χ4n) is 1.98. The summed E-state index contributed by atoms with van der Waals surface area (Å²) in [6.07, 6.45) is 1.02. The van der Waals surface area contributed by atoms with Crippen molar-refractivity contribution in [2.75, 3.05) is 0 Å². The summed E-state index contributed by atoms with van der Waals surface area (Å²) in [5.41, 5.74) is 0.887. The van der Waals surface area contributed by atoms with E-state index in [9.17, 15) is 4.79 Å². The highest BCUT2D eigenvalue weighted by Crippen LogP contribution is 2.22. The van der Waals surface area contributed by atoms with Crippen LogP contribution in [0.5, 0.6) is 5.75 Å². The minimum atomic E-state index is -0.613. The van der Waals surface area contributed by atoms with Gasteiger partial charge in [0.05, 0.1) is 6.54 Å². The van der Waals surface area contributed by atoms with Gasteiger partial charge in [0.15, 0.2) is 11.9 Å². The molecule has 0 aliphatic rings. The lowest BCUT2D eigenvalue weighted by Gasteiger charge is -2.16. The molecule has 1 amide bonds. The second-order valence-corrected chi connectivity index (χ2v) is 5.36. The molecule has 6 nitrogen and oxygen atoms in total. The van der Waals surface area contributed by atoms with Crippen molar-refractivity contribution >= 4 is 17.5 Å². The summed E-state index contributed by atoms with van der Waals surface area (Å²) in [5.74, 6) is 1.15. The van der Waals surface area contributed by atoms with E-state index in [0.717, 1.165) is 12.1 Å². The maximum absolute atomic E-state index is 12.1. The van der Waals surface area contributed by atoms with Crippen LogP contribution in [0.1, 0.15) is 25.2 Å².